The molecule has 0 amide bonds. The van der Waals surface area contributed by atoms with Crippen molar-refractivity contribution in [3.05, 3.63) is 109 Å². The minimum absolute atomic E-state index is 0.466. The summed E-state index contributed by atoms with van der Waals surface area (Å²) in [6.45, 7) is 29.1. The molecule has 2 rings (SSSR count). The highest BCUT2D eigenvalue weighted by Gasteiger charge is 2.08. The lowest BCUT2D eigenvalue weighted by atomic mass is 10.1. The number of aryl methyl sites for hydroxylation is 1. The van der Waals surface area contributed by atoms with E-state index >= 15 is 0 Å². The predicted molar refractivity (Wildman–Crippen MR) is 161 cm³/mol. The van der Waals surface area contributed by atoms with E-state index in [0.717, 1.165) is 19.5 Å². The van der Waals surface area contributed by atoms with Crippen LogP contribution in [0.4, 0.5) is 0 Å². The second-order valence-corrected chi connectivity index (χ2v) is 6.70. The van der Waals surface area contributed by atoms with Crippen molar-refractivity contribution in [2.24, 2.45) is 5.92 Å². The molecular formula is C32H56N2. The third-order valence-electron chi connectivity index (χ3n) is 3.97. The van der Waals surface area contributed by atoms with Crippen LogP contribution in [0.2, 0.25) is 0 Å². The van der Waals surface area contributed by atoms with Gasteiger partial charge < -0.3 is 10.2 Å². The van der Waals surface area contributed by atoms with E-state index < -0.39 is 0 Å². The summed E-state index contributed by atoms with van der Waals surface area (Å²) in [7, 11) is 3.97. The molecule has 0 bridgehead atoms. The molecule has 1 heterocycles. The van der Waals surface area contributed by atoms with Gasteiger partial charge in [0.25, 0.3) is 0 Å². The molecular weight excluding hydrogens is 412 g/mol. The second-order valence-electron chi connectivity index (χ2n) is 6.70. The fourth-order valence-corrected chi connectivity index (χ4v) is 2.26. The largest absolute Gasteiger partial charge is 0.383 e. The van der Waals surface area contributed by atoms with Crippen molar-refractivity contribution in [1.82, 2.24) is 10.2 Å². The van der Waals surface area contributed by atoms with Crippen LogP contribution in [-0.2, 0) is 19.5 Å². The zero-order valence-corrected chi connectivity index (χ0v) is 24.2. The molecule has 0 fully saturated rings. The van der Waals surface area contributed by atoms with Crippen LogP contribution in [0.3, 0.4) is 0 Å². The Morgan fingerprint density at radius 1 is 0.853 bits per heavy atom. The van der Waals surface area contributed by atoms with Crippen molar-refractivity contribution < 1.29 is 0 Å². The lowest BCUT2D eigenvalue weighted by Gasteiger charge is -2.00. The van der Waals surface area contributed by atoms with Crippen molar-refractivity contribution in [1.29, 1.82) is 0 Å². The molecule has 0 saturated carbocycles. The van der Waals surface area contributed by atoms with Crippen molar-refractivity contribution >= 4 is 0 Å². The number of fused-ring (bicyclic) bond motifs is 1. The first kappa shape index (κ1) is 38.7. The Morgan fingerprint density at radius 2 is 1.41 bits per heavy atom. The van der Waals surface area contributed by atoms with Crippen LogP contribution in [0, 0.1) is 5.92 Å². The molecule has 1 unspecified atom stereocenters. The quantitative estimate of drug-likeness (QED) is 0.317. The zero-order chi connectivity index (χ0) is 27.2. The van der Waals surface area contributed by atoms with E-state index in [1.807, 2.05) is 103 Å². The predicted octanol–water partition coefficient (Wildman–Crippen LogP) is 9.29. The molecule has 1 aromatic rings. The van der Waals surface area contributed by atoms with E-state index in [-0.39, 0.29) is 0 Å². The minimum atomic E-state index is 0.466. The van der Waals surface area contributed by atoms with Gasteiger partial charge in [0, 0.05) is 27.2 Å². The van der Waals surface area contributed by atoms with Crippen LogP contribution >= 0.6 is 0 Å². The number of hydrogen-bond acceptors (Lipinski definition) is 2. The maximum atomic E-state index is 3.63. The molecule has 1 aromatic carbocycles. The van der Waals surface area contributed by atoms with E-state index in [2.05, 4.69) is 57.1 Å². The maximum Gasteiger partial charge on any atom is 0.0212 e. The fourth-order valence-electron chi connectivity index (χ4n) is 2.26. The third-order valence-corrected chi connectivity index (χ3v) is 3.97. The van der Waals surface area contributed by atoms with Gasteiger partial charge in [0.15, 0.2) is 0 Å². The maximum absolute atomic E-state index is 3.63. The Kier molecular flexibility index (Phi) is 37.1. The van der Waals surface area contributed by atoms with E-state index in [4.69, 9.17) is 0 Å². The first-order valence-corrected chi connectivity index (χ1v) is 12.8. The summed E-state index contributed by atoms with van der Waals surface area (Å²) in [5, 5.41) is 3.34. The number of allylic oxidation sites excluding steroid dienone is 8. The molecule has 0 aliphatic carbocycles. The summed E-state index contributed by atoms with van der Waals surface area (Å²) in [5.41, 5.74) is 4.42. The molecule has 34 heavy (non-hydrogen) atoms. The molecule has 0 saturated heterocycles. The van der Waals surface area contributed by atoms with E-state index in [9.17, 15) is 0 Å². The standard InChI is InChI=1S/C10H13N.C8H13N.C8H12.3C2H6/c1-2-8-3-4-9-6-11-7-10(9)5-8;1-4-5-6-7-8-9(2)3;1-4-6-7-8(3)5-2;3*1-2/h3-5,11H,2,6-7H2,1H3;4-8H,1H2,2-3H3;4-8H,1-2H2,3H3;3*1-2H3/b;6-5-,8-7-;7-6-;;;. The topological polar surface area (TPSA) is 15.3 Å². The summed E-state index contributed by atoms with van der Waals surface area (Å²) in [4.78, 5) is 1.98. The summed E-state index contributed by atoms with van der Waals surface area (Å²) in [6, 6.07) is 6.79. The van der Waals surface area contributed by atoms with Crippen molar-refractivity contribution in [3.8, 4) is 0 Å². The van der Waals surface area contributed by atoms with Crippen molar-refractivity contribution in [2.75, 3.05) is 14.1 Å². The monoisotopic (exact) mass is 468 g/mol. The Labute approximate surface area is 214 Å². The minimum Gasteiger partial charge on any atom is -0.383 e. The number of benzene rings is 1. The normalized spacial score (nSPS) is 11.5. The lowest BCUT2D eigenvalue weighted by molar-refractivity contribution is 0.564. The van der Waals surface area contributed by atoms with E-state index in [1.54, 1.807) is 12.2 Å². The SMILES string of the molecule is C=C/C=C\C(C)C=C.C=C/C=C\C=C/N(C)C.CC.CC.CC.CCc1ccc2c(c1)CNC2. The number of hydrogen-bond donors (Lipinski definition) is 1. The number of nitrogens with zero attached hydrogens (tertiary/aromatic N) is 1. The molecule has 0 spiro atoms. The molecule has 0 radical (unpaired) electrons. The molecule has 1 atom stereocenters. The van der Waals surface area contributed by atoms with Gasteiger partial charge in [0.1, 0.15) is 0 Å². The van der Waals surface area contributed by atoms with Gasteiger partial charge in [-0.25, -0.2) is 0 Å². The van der Waals surface area contributed by atoms with Crippen LogP contribution in [0.1, 0.15) is 72.1 Å². The molecule has 1 aliphatic heterocycles. The Balaban J connectivity index is -0.000000181. The number of nitrogens with one attached hydrogen (secondary N) is 1. The Bertz CT molecular complexity index is 664. The van der Waals surface area contributed by atoms with Crippen LogP contribution < -0.4 is 5.32 Å². The van der Waals surface area contributed by atoms with Gasteiger partial charge >= 0.3 is 0 Å². The summed E-state index contributed by atoms with van der Waals surface area (Å²) in [5.74, 6) is 0.466. The highest BCUT2D eigenvalue weighted by molar-refractivity contribution is 5.34. The first-order chi connectivity index (χ1) is 16.5. The molecule has 0 aromatic heterocycles. The van der Waals surface area contributed by atoms with Gasteiger partial charge in [-0.1, -0.05) is 129 Å². The van der Waals surface area contributed by atoms with Gasteiger partial charge in [0.05, 0.1) is 0 Å². The van der Waals surface area contributed by atoms with Crippen LogP contribution in [-0.4, -0.2) is 19.0 Å². The average Bonchev–Trinajstić information content (AvgIpc) is 3.37. The van der Waals surface area contributed by atoms with Gasteiger partial charge in [0.2, 0.25) is 0 Å². The van der Waals surface area contributed by atoms with E-state index in [0.29, 0.717) is 5.92 Å². The zero-order valence-electron chi connectivity index (χ0n) is 24.2. The molecule has 1 aliphatic rings. The first-order valence-electron chi connectivity index (χ1n) is 12.8. The van der Waals surface area contributed by atoms with Crippen molar-refractivity contribution in [2.45, 2.75) is 74.9 Å². The Morgan fingerprint density at radius 3 is 1.88 bits per heavy atom. The van der Waals surface area contributed by atoms with Gasteiger partial charge in [-0.3, -0.25) is 0 Å². The fraction of sp³-hybridized carbons (Fsp3) is 0.438. The van der Waals surface area contributed by atoms with Gasteiger partial charge in [-0.05, 0) is 41.3 Å². The van der Waals surface area contributed by atoms with Gasteiger partial charge in [-0.2, -0.15) is 0 Å². The van der Waals surface area contributed by atoms with Crippen molar-refractivity contribution in [3.63, 3.8) is 0 Å². The van der Waals surface area contributed by atoms with Gasteiger partial charge in [-0.15, -0.1) is 6.58 Å². The van der Waals surface area contributed by atoms with Crippen LogP contribution in [0.5, 0.6) is 0 Å². The lowest BCUT2D eigenvalue weighted by Crippen LogP contribution is -1.99. The molecule has 194 valence electrons. The average molecular weight is 469 g/mol. The molecule has 1 N–H and O–H groups in total. The summed E-state index contributed by atoms with van der Waals surface area (Å²) in [6.07, 6.45) is 18.3. The van der Waals surface area contributed by atoms with E-state index in [1.165, 1.54) is 16.7 Å². The second kappa shape index (κ2) is 32.6. The third kappa shape index (κ3) is 25.7. The summed E-state index contributed by atoms with van der Waals surface area (Å²) >= 11 is 0. The highest BCUT2D eigenvalue weighted by atomic mass is 15.0. The number of rotatable bonds is 7. The molecule has 2 nitrogen and oxygen atoms in total. The molecule has 2 heteroatoms. The van der Waals surface area contributed by atoms with Crippen LogP contribution in [0.25, 0.3) is 0 Å². The summed E-state index contributed by atoms with van der Waals surface area (Å²) < 4.78 is 0. The Hall–Kier alpha value is -2.58. The smallest absolute Gasteiger partial charge is 0.0212 e. The highest BCUT2D eigenvalue weighted by Crippen LogP contribution is 2.16. The van der Waals surface area contributed by atoms with Crippen LogP contribution in [0.15, 0.2) is 92.7 Å².